The van der Waals surface area contributed by atoms with E-state index in [4.69, 9.17) is 9.47 Å². The number of aliphatic hydroxyl groups excluding tert-OH is 1. The molecule has 5 rings (SSSR count). The van der Waals surface area contributed by atoms with Gasteiger partial charge in [-0.05, 0) is 61.4 Å². The van der Waals surface area contributed by atoms with Gasteiger partial charge in [0.1, 0.15) is 23.1 Å². The largest absolute Gasteiger partial charge is 0.507 e. The van der Waals surface area contributed by atoms with Gasteiger partial charge >= 0.3 is 5.91 Å². The average Bonchev–Trinajstić information content (AvgIpc) is 3.46. The number of aromatic nitrogens is 1. The van der Waals surface area contributed by atoms with E-state index in [0.29, 0.717) is 46.1 Å². The number of anilines is 1. The molecule has 1 aromatic heterocycles. The maximum Gasteiger partial charge on any atom is 0.301 e. The van der Waals surface area contributed by atoms with Crippen LogP contribution in [0.4, 0.5) is 9.52 Å². The van der Waals surface area contributed by atoms with Gasteiger partial charge in [0.15, 0.2) is 5.13 Å². The number of hydrogen-bond donors (Lipinski definition) is 1. The fraction of sp³-hybridized carbons (Fsp3) is 0.233. The van der Waals surface area contributed by atoms with Crippen molar-refractivity contribution in [3.05, 3.63) is 89.2 Å². The fourth-order valence-corrected chi connectivity index (χ4v) is 5.49. The zero-order valence-electron chi connectivity index (χ0n) is 21.5. The van der Waals surface area contributed by atoms with Crippen molar-refractivity contribution >= 4 is 44.1 Å². The molecule has 0 spiro atoms. The predicted molar refractivity (Wildman–Crippen MR) is 149 cm³/mol. The lowest BCUT2D eigenvalue weighted by atomic mass is 9.95. The average molecular weight is 547 g/mol. The molecule has 0 bridgehead atoms. The van der Waals surface area contributed by atoms with Crippen LogP contribution in [0.15, 0.2) is 72.3 Å². The van der Waals surface area contributed by atoms with Gasteiger partial charge in [0.2, 0.25) is 0 Å². The number of amides is 1. The summed E-state index contributed by atoms with van der Waals surface area (Å²) >= 11 is 1.10. The van der Waals surface area contributed by atoms with Crippen molar-refractivity contribution in [1.82, 2.24) is 4.98 Å². The Morgan fingerprint density at radius 2 is 1.82 bits per heavy atom. The monoisotopic (exact) mass is 546 g/mol. The van der Waals surface area contributed by atoms with Gasteiger partial charge in [-0.3, -0.25) is 14.5 Å². The third kappa shape index (κ3) is 5.22. The van der Waals surface area contributed by atoms with Gasteiger partial charge in [0.05, 0.1) is 35.0 Å². The molecule has 1 saturated heterocycles. The number of aliphatic hydroxyl groups is 1. The third-order valence-electron chi connectivity index (χ3n) is 6.37. The summed E-state index contributed by atoms with van der Waals surface area (Å²) < 4.78 is 25.8. The number of thiazole rings is 1. The van der Waals surface area contributed by atoms with E-state index < -0.39 is 23.5 Å². The maximum absolute atomic E-state index is 13.9. The molecule has 1 amide bonds. The van der Waals surface area contributed by atoms with Crippen LogP contribution in [0, 0.1) is 5.82 Å². The number of unbranched alkanes of at least 4 members (excludes halogenated alkanes) is 1. The van der Waals surface area contributed by atoms with Crippen molar-refractivity contribution in [3.63, 3.8) is 0 Å². The zero-order chi connectivity index (χ0) is 27.5. The molecular formula is C30H27FN2O5S. The minimum Gasteiger partial charge on any atom is -0.507 e. The van der Waals surface area contributed by atoms with Gasteiger partial charge in [0, 0.05) is 5.56 Å². The normalized spacial score (nSPS) is 16.7. The Hall–Kier alpha value is -4.24. The Bertz CT molecular complexity index is 1560. The van der Waals surface area contributed by atoms with Crippen molar-refractivity contribution in [3.8, 4) is 11.5 Å². The number of fused-ring (bicyclic) bond motifs is 1. The maximum atomic E-state index is 13.9. The van der Waals surface area contributed by atoms with E-state index in [1.807, 2.05) is 6.92 Å². The fourth-order valence-electron chi connectivity index (χ4n) is 4.47. The van der Waals surface area contributed by atoms with Gasteiger partial charge < -0.3 is 14.6 Å². The molecule has 200 valence electrons. The number of carbonyl (C=O) groups is 2. The summed E-state index contributed by atoms with van der Waals surface area (Å²) in [4.78, 5) is 32.7. The van der Waals surface area contributed by atoms with E-state index in [0.717, 1.165) is 24.2 Å². The summed E-state index contributed by atoms with van der Waals surface area (Å²) in [7, 11) is 0. The van der Waals surface area contributed by atoms with Crippen LogP contribution in [0.2, 0.25) is 0 Å². The number of ketones is 1. The zero-order valence-corrected chi connectivity index (χ0v) is 22.3. The smallest absolute Gasteiger partial charge is 0.301 e. The van der Waals surface area contributed by atoms with Crippen molar-refractivity contribution < 1.29 is 28.6 Å². The van der Waals surface area contributed by atoms with Crippen molar-refractivity contribution in [2.75, 3.05) is 18.1 Å². The van der Waals surface area contributed by atoms with Crippen molar-refractivity contribution in [1.29, 1.82) is 0 Å². The van der Waals surface area contributed by atoms with E-state index in [2.05, 4.69) is 11.9 Å². The van der Waals surface area contributed by atoms with Crippen LogP contribution in [0.1, 0.15) is 43.9 Å². The topological polar surface area (TPSA) is 89.0 Å². The van der Waals surface area contributed by atoms with E-state index in [1.165, 1.54) is 23.1 Å². The third-order valence-corrected chi connectivity index (χ3v) is 7.39. The second-order valence-electron chi connectivity index (χ2n) is 9.01. The Morgan fingerprint density at radius 3 is 2.56 bits per heavy atom. The number of ether oxygens (including phenoxy) is 2. The number of halogens is 1. The van der Waals surface area contributed by atoms with E-state index in [-0.39, 0.29) is 16.5 Å². The van der Waals surface area contributed by atoms with Crippen LogP contribution in [0.3, 0.4) is 0 Å². The SMILES string of the molecule is CCCCOc1ccc(C2C(=C(O)c3cccc(OCC)c3)C(=O)C(=O)N2c2nc3ccc(F)cc3s2)cc1. The standard InChI is InChI=1S/C30H27FN2O5S/c1-3-5-15-38-21-12-9-18(10-13-21)26-25(27(34)19-7-6-8-22(16-19)37-4-2)28(35)29(36)33(26)30-32-23-14-11-20(31)17-24(23)39-30/h6-14,16-17,26,34H,3-5,15H2,1-2H3. The summed E-state index contributed by atoms with van der Waals surface area (Å²) in [5, 5.41) is 11.6. The van der Waals surface area contributed by atoms with Gasteiger partial charge in [-0.1, -0.05) is 48.9 Å². The van der Waals surface area contributed by atoms with Gasteiger partial charge in [-0.25, -0.2) is 9.37 Å². The lowest BCUT2D eigenvalue weighted by Crippen LogP contribution is -2.29. The molecule has 1 N–H and O–H groups in total. The van der Waals surface area contributed by atoms with E-state index in [9.17, 15) is 19.1 Å². The number of Topliss-reactive ketones (excluding diaryl/α,β-unsaturated/α-hetero) is 1. The number of benzene rings is 3. The van der Waals surface area contributed by atoms with Crippen LogP contribution < -0.4 is 14.4 Å². The minimum absolute atomic E-state index is 0.0706. The number of nitrogens with zero attached hydrogens (tertiary/aromatic N) is 2. The van der Waals surface area contributed by atoms with Crippen LogP contribution >= 0.6 is 11.3 Å². The second-order valence-corrected chi connectivity index (χ2v) is 10.0. The highest BCUT2D eigenvalue weighted by atomic mass is 32.1. The lowest BCUT2D eigenvalue weighted by molar-refractivity contribution is -0.132. The minimum atomic E-state index is -0.962. The summed E-state index contributed by atoms with van der Waals surface area (Å²) in [6.07, 6.45) is 1.92. The first-order valence-corrected chi connectivity index (χ1v) is 13.6. The lowest BCUT2D eigenvalue weighted by Gasteiger charge is -2.23. The first-order chi connectivity index (χ1) is 18.9. The summed E-state index contributed by atoms with van der Waals surface area (Å²) in [5.41, 5.74) is 1.36. The molecule has 1 aliphatic heterocycles. The number of carbonyl (C=O) groups excluding carboxylic acids is 2. The van der Waals surface area contributed by atoms with E-state index in [1.54, 1.807) is 48.5 Å². The molecule has 1 fully saturated rings. The molecule has 2 heterocycles. The Kier molecular flexibility index (Phi) is 7.60. The van der Waals surface area contributed by atoms with Crippen molar-refractivity contribution in [2.24, 2.45) is 0 Å². The van der Waals surface area contributed by atoms with Crippen LogP contribution in [0.25, 0.3) is 16.0 Å². The molecular weight excluding hydrogens is 519 g/mol. The molecule has 0 radical (unpaired) electrons. The molecule has 0 saturated carbocycles. The second kappa shape index (κ2) is 11.2. The molecule has 9 heteroatoms. The van der Waals surface area contributed by atoms with Gasteiger partial charge in [-0.15, -0.1) is 0 Å². The summed E-state index contributed by atoms with van der Waals surface area (Å²) in [5.74, 6) is -1.24. The first-order valence-electron chi connectivity index (χ1n) is 12.7. The molecule has 3 aromatic carbocycles. The molecule has 0 aliphatic carbocycles. The van der Waals surface area contributed by atoms with Crippen LogP contribution in [-0.4, -0.2) is 35.0 Å². The number of hydrogen-bond acceptors (Lipinski definition) is 7. The van der Waals surface area contributed by atoms with Crippen LogP contribution in [0.5, 0.6) is 11.5 Å². The van der Waals surface area contributed by atoms with E-state index >= 15 is 0 Å². The van der Waals surface area contributed by atoms with Crippen LogP contribution in [-0.2, 0) is 9.59 Å². The molecule has 1 unspecified atom stereocenters. The molecule has 4 aromatic rings. The highest BCUT2D eigenvalue weighted by Gasteiger charge is 2.48. The Labute approximate surface area is 229 Å². The molecule has 39 heavy (non-hydrogen) atoms. The quantitative estimate of drug-likeness (QED) is 0.110. The Balaban J connectivity index is 1.64. The van der Waals surface area contributed by atoms with Gasteiger partial charge in [0.25, 0.3) is 5.78 Å². The Morgan fingerprint density at radius 1 is 1.03 bits per heavy atom. The summed E-state index contributed by atoms with van der Waals surface area (Å²) in [6, 6.07) is 17.0. The number of rotatable bonds is 9. The molecule has 1 atom stereocenters. The van der Waals surface area contributed by atoms with Crippen molar-refractivity contribution in [2.45, 2.75) is 32.7 Å². The van der Waals surface area contributed by atoms with Gasteiger partial charge in [-0.2, -0.15) is 0 Å². The highest BCUT2D eigenvalue weighted by Crippen LogP contribution is 2.44. The first kappa shape index (κ1) is 26.4. The predicted octanol–water partition coefficient (Wildman–Crippen LogP) is 6.64. The molecule has 7 nitrogen and oxygen atoms in total. The summed E-state index contributed by atoms with van der Waals surface area (Å²) in [6.45, 7) is 4.93. The highest BCUT2D eigenvalue weighted by molar-refractivity contribution is 7.22. The molecule has 1 aliphatic rings.